The van der Waals surface area contributed by atoms with Crippen LogP contribution in [-0.2, 0) is 10.0 Å². The average Bonchev–Trinajstić information content (AvgIpc) is 3.15. The molecule has 2 N–H and O–H groups in total. The molecule has 0 unspecified atom stereocenters. The molecule has 2 aromatic heterocycles. The number of nitrogens with zero attached hydrogens (tertiary/aromatic N) is 4. The first-order chi connectivity index (χ1) is 12.9. The number of sulfonamides is 1. The molecule has 0 aliphatic rings. The van der Waals surface area contributed by atoms with Crippen molar-refractivity contribution in [2.24, 2.45) is 0 Å². The van der Waals surface area contributed by atoms with Gasteiger partial charge in [-0.3, -0.25) is 4.72 Å². The standard InChI is InChI=1S/C18H16N6O2S/c1-11-9-17(12-3-5-13(6-4-12)18-20-23-24-21-18)19-16-8-7-14(10-15(11)16)22-27(2,25)26/h3-10,22H,1-2H3,(H,20,21,23,24). The van der Waals surface area contributed by atoms with Crippen molar-refractivity contribution in [2.75, 3.05) is 11.0 Å². The van der Waals surface area contributed by atoms with Crippen molar-refractivity contribution in [3.8, 4) is 22.6 Å². The van der Waals surface area contributed by atoms with Gasteiger partial charge in [0, 0.05) is 22.2 Å². The number of aromatic amines is 1. The summed E-state index contributed by atoms with van der Waals surface area (Å²) >= 11 is 0. The molecule has 8 nitrogen and oxygen atoms in total. The van der Waals surface area contributed by atoms with Gasteiger partial charge in [-0.25, -0.2) is 13.4 Å². The van der Waals surface area contributed by atoms with Crippen LogP contribution in [0.25, 0.3) is 33.5 Å². The van der Waals surface area contributed by atoms with E-state index in [9.17, 15) is 8.42 Å². The molecule has 27 heavy (non-hydrogen) atoms. The van der Waals surface area contributed by atoms with E-state index in [0.29, 0.717) is 11.5 Å². The lowest BCUT2D eigenvalue weighted by Gasteiger charge is -2.10. The summed E-state index contributed by atoms with van der Waals surface area (Å²) in [6.07, 6.45) is 1.13. The normalized spacial score (nSPS) is 11.6. The van der Waals surface area contributed by atoms with Crippen molar-refractivity contribution in [1.82, 2.24) is 25.6 Å². The first-order valence-corrected chi connectivity index (χ1v) is 10.0. The minimum absolute atomic E-state index is 0.520. The van der Waals surface area contributed by atoms with Crippen LogP contribution in [0.3, 0.4) is 0 Å². The average molecular weight is 380 g/mol. The molecule has 0 fully saturated rings. The summed E-state index contributed by atoms with van der Waals surface area (Å²) < 4.78 is 25.4. The van der Waals surface area contributed by atoms with Crippen molar-refractivity contribution in [3.05, 3.63) is 54.1 Å². The molecular weight excluding hydrogens is 364 g/mol. The van der Waals surface area contributed by atoms with Gasteiger partial charge >= 0.3 is 0 Å². The Morgan fingerprint density at radius 2 is 1.74 bits per heavy atom. The Balaban J connectivity index is 1.71. The zero-order valence-electron chi connectivity index (χ0n) is 14.6. The highest BCUT2D eigenvalue weighted by atomic mass is 32.2. The van der Waals surface area contributed by atoms with Crippen LogP contribution < -0.4 is 4.72 Å². The number of nitrogens with one attached hydrogen (secondary N) is 2. The summed E-state index contributed by atoms with van der Waals surface area (Å²) in [7, 11) is -3.32. The molecule has 4 rings (SSSR count). The van der Waals surface area contributed by atoms with Gasteiger partial charge in [0.15, 0.2) is 0 Å². The summed E-state index contributed by atoms with van der Waals surface area (Å²) in [5.74, 6) is 0.537. The quantitative estimate of drug-likeness (QED) is 0.563. The number of aromatic nitrogens is 5. The zero-order chi connectivity index (χ0) is 19.0. The molecule has 0 amide bonds. The number of fused-ring (bicyclic) bond motifs is 1. The number of pyridine rings is 1. The van der Waals surface area contributed by atoms with Crippen LogP contribution in [0.2, 0.25) is 0 Å². The topological polar surface area (TPSA) is 114 Å². The number of hydrogen-bond acceptors (Lipinski definition) is 6. The highest BCUT2D eigenvalue weighted by Crippen LogP contribution is 2.28. The Morgan fingerprint density at radius 3 is 2.41 bits per heavy atom. The van der Waals surface area contributed by atoms with E-state index in [-0.39, 0.29) is 0 Å². The van der Waals surface area contributed by atoms with E-state index in [2.05, 4.69) is 25.3 Å². The van der Waals surface area contributed by atoms with Crippen molar-refractivity contribution in [2.45, 2.75) is 6.92 Å². The number of H-pyrrole nitrogens is 1. The number of rotatable bonds is 4. The molecule has 0 aliphatic heterocycles. The summed E-state index contributed by atoms with van der Waals surface area (Å²) in [6, 6.07) is 15.0. The first-order valence-electron chi connectivity index (χ1n) is 8.12. The highest BCUT2D eigenvalue weighted by Gasteiger charge is 2.09. The summed E-state index contributed by atoms with van der Waals surface area (Å²) in [6.45, 7) is 1.98. The number of benzene rings is 2. The van der Waals surface area contributed by atoms with E-state index >= 15 is 0 Å². The summed E-state index contributed by atoms with van der Waals surface area (Å²) in [5, 5.41) is 14.8. The molecule has 0 atom stereocenters. The van der Waals surface area contributed by atoms with Crippen LogP contribution in [0, 0.1) is 6.92 Å². The predicted octanol–water partition coefficient (Wildman–Crippen LogP) is 2.76. The lowest BCUT2D eigenvalue weighted by atomic mass is 10.0. The van der Waals surface area contributed by atoms with E-state index < -0.39 is 10.0 Å². The zero-order valence-corrected chi connectivity index (χ0v) is 15.4. The van der Waals surface area contributed by atoms with Crippen molar-refractivity contribution in [3.63, 3.8) is 0 Å². The van der Waals surface area contributed by atoms with Gasteiger partial charge in [-0.1, -0.05) is 24.3 Å². The van der Waals surface area contributed by atoms with Crippen LogP contribution in [0.4, 0.5) is 5.69 Å². The second kappa shape index (κ2) is 6.44. The first kappa shape index (κ1) is 17.1. The lowest BCUT2D eigenvalue weighted by molar-refractivity contribution is 0.607. The second-order valence-electron chi connectivity index (χ2n) is 6.24. The molecule has 2 heterocycles. The monoisotopic (exact) mass is 380 g/mol. The molecule has 0 saturated heterocycles. The SMILES string of the molecule is Cc1cc(-c2ccc(-c3nn[nH]n3)cc2)nc2ccc(NS(C)(=O)=O)cc12. The van der Waals surface area contributed by atoms with Crippen LogP contribution in [0.1, 0.15) is 5.56 Å². The fourth-order valence-electron chi connectivity index (χ4n) is 2.89. The molecule has 136 valence electrons. The Hall–Kier alpha value is -3.33. The van der Waals surface area contributed by atoms with Crippen LogP contribution in [-0.4, -0.2) is 40.3 Å². The maximum Gasteiger partial charge on any atom is 0.229 e. The third-order valence-corrected chi connectivity index (χ3v) is 4.71. The molecule has 0 aliphatic carbocycles. The number of anilines is 1. The van der Waals surface area contributed by atoms with Gasteiger partial charge in [0.2, 0.25) is 15.8 Å². The molecule has 0 bridgehead atoms. The highest BCUT2D eigenvalue weighted by molar-refractivity contribution is 7.92. The number of aryl methyl sites for hydroxylation is 1. The van der Waals surface area contributed by atoms with Crippen molar-refractivity contribution >= 4 is 26.6 Å². The van der Waals surface area contributed by atoms with Gasteiger partial charge in [-0.2, -0.15) is 5.21 Å². The minimum Gasteiger partial charge on any atom is -0.284 e. The van der Waals surface area contributed by atoms with Gasteiger partial charge in [0.1, 0.15) is 0 Å². The molecule has 0 saturated carbocycles. The van der Waals surface area contributed by atoms with Crippen molar-refractivity contribution in [1.29, 1.82) is 0 Å². The summed E-state index contributed by atoms with van der Waals surface area (Å²) in [4.78, 5) is 4.71. The Bertz CT molecular complexity index is 1220. The number of tetrazole rings is 1. The van der Waals surface area contributed by atoms with E-state index in [1.54, 1.807) is 12.1 Å². The maximum absolute atomic E-state index is 11.4. The van der Waals surface area contributed by atoms with E-state index in [4.69, 9.17) is 4.98 Å². The maximum atomic E-state index is 11.4. The van der Waals surface area contributed by atoms with Gasteiger partial charge in [-0.05, 0) is 42.0 Å². The second-order valence-corrected chi connectivity index (χ2v) is 7.99. The van der Waals surface area contributed by atoms with E-state index in [1.807, 2.05) is 43.3 Å². The fraction of sp³-hybridized carbons (Fsp3) is 0.111. The summed E-state index contributed by atoms with van der Waals surface area (Å²) in [5.41, 5.74) is 4.99. The Labute approximate surface area is 155 Å². The van der Waals surface area contributed by atoms with E-state index in [0.717, 1.165) is 39.5 Å². The van der Waals surface area contributed by atoms with Crippen LogP contribution in [0.5, 0.6) is 0 Å². The van der Waals surface area contributed by atoms with E-state index in [1.165, 1.54) is 0 Å². The van der Waals surface area contributed by atoms with Gasteiger partial charge in [0.25, 0.3) is 0 Å². The predicted molar refractivity (Wildman–Crippen MR) is 104 cm³/mol. The molecule has 4 aromatic rings. The molecule has 9 heteroatoms. The largest absolute Gasteiger partial charge is 0.284 e. The lowest BCUT2D eigenvalue weighted by Crippen LogP contribution is -2.09. The fourth-order valence-corrected chi connectivity index (χ4v) is 3.45. The van der Waals surface area contributed by atoms with Gasteiger partial charge < -0.3 is 0 Å². The van der Waals surface area contributed by atoms with Gasteiger partial charge in [0.05, 0.1) is 17.5 Å². The molecule has 0 radical (unpaired) electrons. The van der Waals surface area contributed by atoms with Gasteiger partial charge in [-0.15, -0.1) is 10.2 Å². The third kappa shape index (κ3) is 3.63. The molecular formula is C18H16N6O2S. The smallest absolute Gasteiger partial charge is 0.229 e. The van der Waals surface area contributed by atoms with Crippen molar-refractivity contribution < 1.29 is 8.42 Å². The Kier molecular flexibility index (Phi) is 4.08. The minimum atomic E-state index is -3.32. The van der Waals surface area contributed by atoms with Crippen LogP contribution >= 0.6 is 0 Å². The number of hydrogen-bond donors (Lipinski definition) is 2. The third-order valence-electron chi connectivity index (χ3n) is 4.10. The molecule has 0 spiro atoms. The molecule has 2 aromatic carbocycles. The van der Waals surface area contributed by atoms with Crippen LogP contribution in [0.15, 0.2) is 48.5 Å². The Morgan fingerprint density at radius 1 is 1.00 bits per heavy atom.